The molecule has 0 fully saturated rings. The molecule has 3 rings (SSSR count). The molecule has 0 unspecified atom stereocenters. The summed E-state index contributed by atoms with van der Waals surface area (Å²) in [5.74, 6) is 0. The van der Waals surface area contributed by atoms with E-state index in [1.54, 1.807) is 48.5 Å². The molecule has 136 valence electrons. The first-order valence-electron chi connectivity index (χ1n) is 8.15. The molecule has 0 saturated carbocycles. The Morgan fingerprint density at radius 1 is 0.607 bits per heavy atom. The molecule has 0 amide bonds. The number of nitriles is 2. The lowest BCUT2D eigenvalue weighted by Gasteiger charge is -2.28. The first kappa shape index (κ1) is 19.8. The minimum atomic E-state index is -0.0350. The first-order valence-corrected chi connectivity index (χ1v) is 9.28. The third kappa shape index (κ3) is 4.30. The number of allylic oxidation sites excluding steroid dienone is 1. The summed E-state index contributed by atoms with van der Waals surface area (Å²) in [6, 6.07) is 25.2. The maximum Gasteiger partial charge on any atom is 0.154 e. The zero-order valence-electron chi connectivity index (χ0n) is 14.4. The summed E-state index contributed by atoms with van der Waals surface area (Å²) < 4.78 is 0. The van der Waals surface area contributed by atoms with Crippen molar-refractivity contribution in [2.24, 2.45) is 0 Å². The predicted molar refractivity (Wildman–Crippen MR) is 115 cm³/mol. The lowest BCUT2D eigenvalue weighted by atomic mass is 10.0. The highest BCUT2D eigenvalue weighted by atomic mass is 35.5. The summed E-state index contributed by atoms with van der Waals surface area (Å²) in [5.41, 5.74) is 2.55. The number of hydrogen-bond donors (Lipinski definition) is 0. The van der Waals surface area contributed by atoms with E-state index in [4.69, 9.17) is 34.8 Å². The van der Waals surface area contributed by atoms with E-state index in [0.29, 0.717) is 26.3 Å². The molecular formula is C22H12Cl3N3. The van der Waals surface area contributed by atoms with E-state index >= 15 is 0 Å². The Kier molecular flexibility index (Phi) is 6.24. The van der Waals surface area contributed by atoms with Gasteiger partial charge in [-0.2, -0.15) is 10.5 Å². The van der Waals surface area contributed by atoms with Crippen molar-refractivity contribution >= 4 is 51.9 Å². The minimum Gasteiger partial charge on any atom is -0.308 e. The van der Waals surface area contributed by atoms with E-state index in [1.165, 1.54) is 0 Å². The van der Waals surface area contributed by atoms with Gasteiger partial charge in [0.05, 0.1) is 5.70 Å². The van der Waals surface area contributed by atoms with Gasteiger partial charge in [0.2, 0.25) is 0 Å². The monoisotopic (exact) mass is 423 g/mol. The minimum absolute atomic E-state index is 0.0350. The normalized spacial score (nSPS) is 9.89. The summed E-state index contributed by atoms with van der Waals surface area (Å²) in [7, 11) is 0. The van der Waals surface area contributed by atoms with Crippen molar-refractivity contribution in [1.82, 2.24) is 0 Å². The van der Waals surface area contributed by atoms with Crippen LogP contribution in [-0.4, -0.2) is 0 Å². The maximum absolute atomic E-state index is 9.62. The lowest BCUT2D eigenvalue weighted by Crippen LogP contribution is -2.17. The van der Waals surface area contributed by atoms with Gasteiger partial charge in [-0.1, -0.05) is 46.9 Å². The highest BCUT2D eigenvalue weighted by molar-refractivity contribution is 6.31. The molecule has 0 heterocycles. The fourth-order valence-electron chi connectivity index (χ4n) is 2.71. The van der Waals surface area contributed by atoms with Crippen LogP contribution in [0.3, 0.4) is 0 Å². The quantitative estimate of drug-likeness (QED) is 0.415. The molecule has 3 nitrogen and oxygen atoms in total. The topological polar surface area (TPSA) is 50.8 Å². The largest absolute Gasteiger partial charge is 0.308 e. The number of benzene rings is 3. The van der Waals surface area contributed by atoms with Crippen LogP contribution < -0.4 is 4.90 Å². The average molecular weight is 425 g/mol. The SMILES string of the molecule is N#CC(C#N)=C(c1ccc(Cl)cc1)N(c1ccc(Cl)cc1)c1ccc(Cl)cc1. The van der Waals surface area contributed by atoms with Crippen LogP contribution in [0.2, 0.25) is 15.1 Å². The number of anilines is 2. The number of hydrogen-bond acceptors (Lipinski definition) is 3. The van der Waals surface area contributed by atoms with Crippen molar-refractivity contribution in [2.75, 3.05) is 4.90 Å². The second-order valence-electron chi connectivity index (χ2n) is 5.74. The van der Waals surface area contributed by atoms with Gasteiger partial charge in [0, 0.05) is 32.0 Å². The molecule has 0 radical (unpaired) electrons. The van der Waals surface area contributed by atoms with Gasteiger partial charge in [0.25, 0.3) is 0 Å². The first-order chi connectivity index (χ1) is 13.5. The van der Waals surface area contributed by atoms with Gasteiger partial charge < -0.3 is 4.90 Å². The predicted octanol–water partition coefficient (Wildman–Crippen LogP) is 7.24. The van der Waals surface area contributed by atoms with Crippen LogP contribution in [0.15, 0.2) is 78.4 Å². The Bertz CT molecular complexity index is 1030. The second kappa shape index (κ2) is 8.83. The molecule has 28 heavy (non-hydrogen) atoms. The Balaban J connectivity index is 2.31. The van der Waals surface area contributed by atoms with Crippen molar-refractivity contribution in [3.05, 3.63) is 99.0 Å². The van der Waals surface area contributed by atoms with Gasteiger partial charge >= 0.3 is 0 Å². The van der Waals surface area contributed by atoms with E-state index in [-0.39, 0.29) is 5.57 Å². The van der Waals surface area contributed by atoms with Crippen LogP contribution in [-0.2, 0) is 0 Å². The van der Waals surface area contributed by atoms with Crippen LogP contribution in [0.4, 0.5) is 11.4 Å². The highest BCUT2D eigenvalue weighted by Crippen LogP contribution is 2.37. The lowest BCUT2D eigenvalue weighted by molar-refractivity contribution is 1.28. The Morgan fingerprint density at radius 3 is 1.32 bits per heavy atom. The number of halogens is 3. The van der Waals surface area contributed by atoms with Gasteiger partial charge in [-0.05, 0) is 60.7 Å². The van der Waals surface area contributed by atoms with E-state index in [2.05, 4.69) is 0 Å². The summed E-state index contributed by atoms with van der Waals surface area (Å²) in [6.07, 6.45) is 0. The zero-order chi connectivity index (χ0) is 20.1. The molecular weight excluding hydrogens is 413 g/mol. The molecule has 0 bridgehead atoms. The number of rotatable bonds is 4. The Morgan fingerprint density at radius 2 is 0.964 bits per heavy atom. The van der Waals surface area contributed by atoms with Gasteiger partial charge in [0.15, 0.2) is 5.57 Å². The van der Waals surface area contributed by atoms with E-state index in [1.807, 2.05) is 41.3 Å². The highest BCUT2D eigenvalue weighted by Gasteiger charge is 2.21. The molecule has 0 saturated heterocycles. The molecule has 0 N–H and O–H groups in total. The standard InChI is InChI=1S/C22H12Cl3N3/c23-17-3-1-15(2-4-17)22(16(13-26)14-27)28(20-9-5-18(24)6-10-20)21-11-7-19(25)8-12-21/h1-12H. The van der Waals surface area contributed by atoms with Crippen LogP contribution in [0.1, 0.15) is 5.56 Å². The zero-order valence-corrected chi connectivity index (χ0v) is 16.7. The van der Waals surface area contributed by atoms with Crippen molar-refractivity contribution in [2.45, 2.75) is 0 Å². The van der Waals surface area contributed by atoms with E-state index < -0.39 is 0 Å². The van der Waals surface area contributed by atoms with Gasteiger partial charge in [0.1, 0.15) is 12.1 Å². The Hall–Kier alpha value is -2.95. The second-order valence-corrected chi connectivity index (χ2v) is 7.05. The fourth-order valence-corrected chi connectivity index (χ4v) is 3.09. The molecule has 0 aliphatic heterocycles. The third-order valence-electron chi connectivity index (χ3n) is 3.97. The summed E-state index contributed by atoms with van der Waals surface area (Å²) in [4.78, 5) is 1.82. The summed E-state index contributed by atoms with van der Waals surface area (Å²) in [5, 5.41) is 21.0. The molecule has 6 heteroatoms. The van der Waals surface area contributed by atoms with Crippen molar-refractivity contribution in [3.63, 3.8) is 0 Å². The van der Waals surface area contributed by atoms with Gasteiger partial charge in [-0.15, -0.1) is 0 Å². The number of nitrogens with zero attached hydrogens (tertiary/aromatic N) is 3. The van der Waals surface area contributed by atoms with Crippen LogP contribution in [0.25, 0.3) is 5.70 Å². The van der Waals surface area contributed by atoms with Crippen molar-refractivity contribution in [3.8, 4) is 12.1 Å². The van der Waals surface area contributed by atoms with Crippen LogP contribution in [0, 0.1) is 22.7 Å². The van der Waals surface area contributed by atoms with Crippen molar-refractivity contribution < 1.29 is 0 Å². The summed E-state index contributed by atoms with van der Waals surface area (Å²) >= 11 is 18.1. The Labute approximate surface area is 178 Å². The molecule has 3 aromatic carbocycles. The molecule has 0 aliphatic rings. The third-order valence-corrected chi connectivity index (χ3v) is 4.73. The van der Waals surface area contributed by atoms with E-state index in [9.17, 15) is 10.5 Å². The van der Waals surface area contributed by atoms with Crippen LogP contribution in [0.5, 0.6) is 0 Å². The fraction of sp³-hybridized carbons (Fsp3) is 0. The van der Waals surface area contributed by atoms with E-state index in [0.717, 1.165) is 11.4 Å². The van der Waals surface area contributed by atoms with Crippen molar-refractivity contribution in [1.29, 1.82) is 10.5 Å². The van der Waals surface area contributed by atoms with Gasteiger partial charge in [-0.25, -0.2) is 0 Å². The molecule has 0 spiro atoms. The average Bonchev–Trinajstić information content (AvgIpc) is 2.71. The molecule has 0 aliphatic carbocycles. The maximum atomic E-state index is 9.62. The smallest absolute Gasteiger partial charge is 0.154 e. The van der Waals surface area contributed by atoms with Crippen LogP contribution >= 0.6 is 34.8 Å². The molecule has 0 atom stereocenters. The molecule has 3 aromatic rings. The molecule has 0 aromatic heterocycles. The van der Waals surface area contributed by atoms with Gasteiger partial charge in [-0.3, -0.25) is 0 Å². The summed E-state index contributed by atoms with van der Waals surface area (Å²) in [6.45, 7) is 0.